The van der Waals surface area contributed by atoms with E-state index < -0.39 is 18.1 Å². The first kappa shape index (κ1) is 8.82. The number of rotatable bonds is 0. The third kappa shape index (κ3) is 0.896. The molecule has 0 aromatic rings. The van der Waals surface area contributed by atoms with Gasteiger partial charge in [0.15, 0.2) is 6.17 Å². The fourth-order valence-corrected chi connectivity index (χ4v) is 1.48. The maximum Gasteiger partial charge on any atom is 0.328 e. The Hall–Kier alpha value is -1.76. The Morgan fingerprint density at radius 3 is 2.71 bits per heavy atom. The highest BCUT2D eigenvalue weighted by Gasteiger charge is 2.44. The molecule has 0 bridgehead atoms. The predicted molar refractivity (Wildman–Crippen MR) is 45.2 cm³/mol. The summed E-state index contributed by atoms with van der Waals surface area (Å²) in [6.07, 6.45) is -0.578. The van der Waals surface area contributed by atoms with Crippen molar-refractivity contribution in [3.05, 3.63) is 11.5 Å². The summed E-state index contributed by atoms with van der Waals surface area (Å²) in [7, 11) is 2.96. The van der Waals surface area contributed by atoms with E-state index in [-0.39, 0.29) is 11.5 Å². The van der Waals surface area contributed by atoms with E-state index in [1.807, 2.05) is 0 Å². The average Bonchev–Trinajstić information content (AvgIpc) is 2.54. The first-order valence-corrected chi connectivity index (χ1v) is 4.01. The van der Waals surface area contributed by atoms with E-state index in [4.69, 9.17) is 10.6 Å². The summed E-state index contributed by atoms with van der Waals surface area (Å²) in [5.41, 5.74) is 8.23. The molecular formula is C7H10N4O3. The van der Waals surface area contributed by atoms with Crippen molar-refractivity contribution in [3.8, 4) is 0 Å². The zero-order valence-electron chi connectivity index (χ0n) is 7.77. The lowest BCUT2D eigenvalue weighted by Crippen LogP contribution is -2.57. The largest absolute Gasteiger partial charge is 0.388 e. The molecule has 7 nitrogen and oxygen atoms in total. The molecule has 7 heteroatoms. The third-order valence-electron chi connectivity index (χ3n) is 2.33. The van der Waals surface area contributed by atoms with Gasteiger partial charge in [-0.3, -0.25) is 9.69 Å². The zero-order chi connectivity index (χ0) is 10.5. The summed E-state index contributed by atoms with van der Waals surface area (Å²) in [4.78, 5) is 30.2. The number of fused-ring (bicyclic) bond motifs is 1. The molecule has 2 aliphatic rings. The Labute approximate surface area is 80.0 Å². The second-order valence-corrected chi connectivity index (χ2v) is 3.16. The van der Waals surface area contributed by atoms with E-state index in [2.05, 4.69) is 5.48 Å². The van der Waals surface area contributed by atoms with Crippen molar-refractivity contribution in [1.29, 1.82) is 0 Å². The van der Waals surface area contributed by atoms with Gasteiger partial charge in [0.2, 0.25) is 5.88 Å². The lowest BCUT2D eigenvalue weighted by molar-refractivity contribution is -0.126. The monoisotopic (exact) mass is 198 g/mol. The van der Waals surface area contributed by atoms with Crippen LogP contribution in [0.25, 0.3) is 0 Å². The summed E-state index contributed by atoms with van der Waals surface area (Å²) in [6.45, 7) is 0. The Kier molecular flexibility index (Phi) is 1.65. The molecule has 0 saturated carbocycles. The van der Waals surface area contributed by atoms with Gasteiger partial charge in [-0.05, 0) is 0 Å². The molecule has 14 heavy (non-hydrogen) atoms. The van der Waals surface area contributed by atoms with E-state index >= 15 is 0 Å². The number of amides is 3. The van der Waals surface area contributed by atoms with Crippen molar-refractivity contribution >= 4 is 11.9 Å². The van der Waals surface area contributed by atoms with E-state index in [0.29, 0.717) is 0 Å². The van der Waals surface area contributed by atoms with Gasteiger partial charge >= 0.3 is 6.03 Å². The number of hydrogen-bond donors (Lipinski definition) is 2. The van der Waals surface area contributed by atoms with Gasteiger partial charge in [0.05, 0.1) is 0 Å². The van der Waals surface area contributed by atoms with Gasteiger partial charge in [-0.25, -0.2) is 4.79 Å². The van der Waals surface area contributed by atoms with Crippen molar-refractivity contribution in [2.45, 2.75) is 6.17 Å². The summed E-state index contributed by atoms with van der Waals surface area (Å²) in [5.74, 6) is -0.410. The Balaban J connectivity index is 2.45. The van der Waals surface area contributed by atoms with Gasteiger partial charge in [-0.2, -0.15) is 0 Å². The number of nitrogens with two attached hydrogens (primary N) is 1. The zero-order valence-corrected chi connectivity index (χ0v) is 7.77. The smallest absolute Gasteiger partial charge is 0.328 e. The number of urea groups is 1. The minimum atomic E-state index is -0.578. The van der Waals surface area contributed by atoms with Crippen LogP contribution in [0.3, 0.4) is 0 Å². The minimum absolute atomic E-state index is 0.0196. The van der Waals surface area contributed by atoms with Crippen LogP contribution in [0.2, 0.25) is 0 Å². The average molecular weight is 198 g/mol. The molecule has 0 radical (unpaired) electrons. The van der Waals surface area contributed by atoms with Crippen LogP contribution in [0.15, 0.2) is 11.5 Å². The molecule has 0 aromatic heterocycles. The number of nitrogens with one attached hydrogen (secondary N) is 1. The second kappa shape index (κ2) is 2.61. The summed E-state index contributed by atoms with van der Waals surface area (Å²) < 4.78 is 0. The Morgan fingerprint density at radius 2 is 2.07 bits per heavy atom. The number of likely N-dealkylation sites (N-methyl/N-ethyl adjacent to an activating group) is 2. The predicted octanol–water partition coefficient (Wildman–Crippen LogP) is -1.46. The molecule has 3 N–H and O–H groups in total. The van der Waals surface area contributed by atoms with Crippen LogP contribution in [0, 0.1) is 0 Å². The lowest BCUT2D eigenvalue weighted by atomic mass is 10.1. The van der Waals surface area contributed by atoms with Gasteiger partial charge in [-0.15, -0.1) is 5.48 Å². The molecule has 2 aliphatic heterocycles. The highest BCUT2D eigenvalue weighted by atomic mass is 16.7. The lowest BCUT2D eigenvalue weighted by Gasteiger charge is -2.33. The molecule has 2 heterocycles. The first-order valence-electron chi connectivity index (χ1n) is 4.01. The molecule has 2 rings (SSSR count). The van der Waals surface area contributed by atoms with Crippen LogP contribution in [-0.2, 0) is 9.63 Å². The molecule has 1 unspecified atom stereocenters. The molecule has 1 saturated heterocycles. The quantitative estimate of drug-likeness (QED) is 0.496. The molecule has 3 amide bonds. The number of hydrogen-bond acceptors (Lipinski definition) is 5. The molecule has 0 aromatic carbocycles. The standard InChI is InChI=1S/C7H10N4O3/c1-10-5-3(4(8)14-9-5)6(12)11(2)7(10)13/h5,9H,8H2,1-2H3. The fourth-order valence-electron chi connectivity index (χ4n) is 1.48. The number of imide groups is 1. The maximum absolute atomic E-state index is 11.6. The van der Waals surface area contributed by atoms with Gasteiger partial charge in [-0.1, -0.05) is 0 Å². The van der Waals surface area contributed by atoms with Crippen molar-refractivity contribution < 1.29 is 14.4 Å². The van der Waals surface area contributed by atoms with Crippen LogP contribution >= 0.6 is 0 Å². The van der Waals surface area contributed by atoms with E-state index in [0.717, 1.165) is 4.90 Å². The topological polar surface area (TPSA) is 87.9 Å². The maximum atomic E-state index is 11.6. The number of carbonyl (C=O) groups excluding carboxylic acids is 2. The molecule has 0 spiro atoms. The molecule has 1 fully saturated rings. The van der Waals surface area contributed by atoms with E-state index in [9.17, 15) is 9.59 Å². The fraction of sp³-hybridized carbons (Fsp3) is 0.429. The van der Waals surface area contributed by atoms with Gasteiger partial charge in [0, 0.05) is 14.1 Å². The van der Waals surface area contributed by atoms with Gasteiger partial charge in [0.1, 0.15) is 5.57 Å². The SMILES string of the molecule is CN1C(=O)C2=C(N)ONC2N(C)C1=O. The van der Waals surface area contributed by atoms with Crippen molar-refractivity contribution in [2.24, 2.45) is 5.73 Å². The Morgan fingerprint density at radius 1 is 1.43 bits per heavy atom. The van der Waals surface area contributed by atoms with Crippen LogP contribution in [-0.4, -0.2) is 42.0 Å². The van der Waals surface area contributed by atoms with E-state index in [1.54, 1.807) is 7.05 Å². The van der Waals surface area contributed by atoms with Crippen LogP contribution in [0.1, 0.15) is 0 Å². The number of hydroxylamine groups is 1. The van der Waals surface area contributed by atoms with Crippen molar-refractivity contribution in [3.63, 3.8) is 0 Å². The molecular weight excluding hydrogens is 188 g/mol. The normalized spacial score (nSPS) is 26.9. The van der Waals surface area contributed by atoms with Crippen molar-refractivity contribution in [2.75, 3.05) is 14.1 Å². The molecule has 0 aliphatic carbocycles. The summed E-state index contributed by atoms with van der Waals surface area (Å²) >= 11 is 0. The van der Waals surface area contributed by atoms with Crippen molar-refractivity contribution in [1.82, 2.24) is 15.3 Å². The third-order valence-corrected chi connectivity index (χ3v) is 2.33. The van der Waals surface area contributed by atoms with Gasteiger partial charge < -0.3 is 15.5 Å². The highest BCUT2D eigenvalue weighted by Crippen LogP contribution is 2.24. The Bertz CT molecular complexity index is 351. The summed E-state index contributed by atoms with van der Waals surface area (Å²) in [6, 6.07) is -0.394. The second-order valence-electron chi connectivity index (χ2n) is 3.16. The number of carbonyl (C=O) groups is 2. The highest BCUT2D eigenvalue weighted by molar-refractivity contribution is 6.07. The molecule has 76 valence electrons. The minimum Gasteiger partial charge on any atom is -0.388 e. The first-order chi connectivity index (χ1) is 6.54. The van der Waals surface area contributed by atoms with Gasteiger partial charge in [0.25, 0.3) is 5.91 Å². The van der Waals surface area contributed by atoms with Crippen LogP contribution < -0.4 is 11.2 Å². The number of nitrogens with zero attached hydrogens (tertiary/aromatic N) is 2. The van der Waals surface area contributed by atoms with Crippen LogP contribution in [0.5, 0.6) is 0 Å². The summed E-state index contributed by atoms with van der Waals surface area (Å²) in [5, 5.41) is 0. The van der Waals surface area contributed by atoms with E-state index in [1.165, 1.54) is 11.9 Å². The molecule has 1 atom stereocenters. The van der Waals surface area contributed by atoms with Crippen LogP contribution in [0.4, 0.5) is 4.79 Å².